The van der Waals surface area contributed by atoms with Gasteiger partial charge in [-0.1, -0.05) is 12.8 Å². The number of nitrogens with one attached hydrogen (secondary N) is 1. The highest BCUT2D eigenvalue weighted by Gasteiger charge is 2.31. The van der Waals surface area contributed by atoms with E-state index in [9.17, 15) is 14.4 Å². The highest BCUT2D eigenvalue weighted by Crippen LogP contribution is 2.24. The Labute approximate surface area is 124 Å². The van der Waals surface area contributed by atoms with Crippen molar-refractivity contribution in [2.45, 2.75) is 57.4 Å². The Morgan fingerprint density at radius 3 is 2.38 bits per heavy atom. The van der Waals surface area contributed by atoms with E-state index in [1.165, 1.54) is 4.90 Å². The van der Waals surface area contributed by atoms with Crippen LogP contribution in [0.3, 0.4) is 0 Å². The van der Waals surface area contributed by atoms with Crippen LogP contribution in [0.15, 0.2) is 0 Å². The number of amides is 2. The van der Waals surface area contributed by atoms with E-state index in [4.69, 9.17) is 5.11 Å². The van der Waals surface area contributed by atoms with Crippen LogP contribution in [0.1, 0.15) is 51.4 Å². The third-order valence-corrected chi connectivity index (χ3v) is 4.47. The highest BCUT2D eigenvalue weighted by molar-refractivity contribution is 5.84. The third kappa shape index (κ3) is 4.19. The molecule has 21 heavy (non-hydrogen) atoms. The van der Waals surface area contributed by atoms with E-state index in [1.54, 1.807) is 0 Å². The largest absolute Gasteiger partial charge is 0.480 e. The lowest BCUT2D eigenvalue weighted by molar-refractivity contribution is -0.152. The summed E-state index contributed by atoms with van der Waals surface area (Å²) < 4.78 is 0. The molecule has 2 amide bonds. The number of hydrogen-bond donors (Lipinski definition) is 2. The normalized spacial score (nSPS) is 23.0. The van der Waals surface area contributed by atoms with Gasteiger partial charge in [0.15, 0.2) is 0 Å². The molecule has 1 aliphatic carbocycles. The number of carboxylic acid groups (broad SMARTS) is 1. The van der Waals surface area contributed by atoms with E-state index in [0.717, 1.165) is 38.5 Å². The maximum atomic E-state index is 12.1. The minimum Gasteiger partial charge on any atom is -0.480 e. The molecule has 1 aliphatic heterocycles. The Bertz CT molecular complexity index is 404. The zero-order valence-corrected chi connectivity index (χ0v) is 12.3. The van der Waals surface area contributed by atoms with Gasteiger partial charge in [-0.15, -0.1) is 0 Å². The number of aliphatic carboxylic acids is 1. The van der Waals surface area contributed by atoms with E-state index in [0.29, 0.717) is 19.5 Å². The first kappa shape index (κ1) is 15.8. The van der Waals surface area contributed by atoms with Crippen LogP contribution >= 0.6 is 0 Å². The van der Waals surface area contributed by atoms with Crippen molar-refractivity contribution in [3.05, 3.63) is 0 Å². The monoisotopic (exact) mass is 296 g/mol. The minimum absolute atomic E-state index is 0.0359. The van der Waals surface area contributed by atoms with Crippen molar-refractivity contribution < 1.29 is 19.5 Å². The average molecular weight is 296 g/mol. The van der Waals surface area contributed by atoms with Gasteiger partial charge in [-0.05, 0) is 32.1 Å². The van der Waals surface area contributed by atoms with Crippen LogP contribution in [0, 0.1) is 5.92 Å². The van der Waals surface area contributed by atoms with Crippen molar-refractivity contribution in [3.63, 3.8) is 0 Å². The zero-order chi connectivity index (χ0) is 15.2. The topological polar surface area (TPSA) is 86.7 Å². The Morgan fingerprint density at radius 2 is 1.71 bits per heavy atom. The number of rotatable bonds is 5. The first-order valence-corrected chi connectivity index (χ1v) is 7.89. The zero-order valence-electron chi connectivity index (χ0n) is 12.3. The summed E-state index contributed by atoms with van der Waals surface area (Å²) in [5.74, 6) is -0.970. The van der Waals surface area contributed by atoms with Crippen LogP contribution in [0.5, 0.6) is 0 Å². The molecular weight excluding hydrogens is 272 g/mol. The summed E-state index contributed by atoms with van der Waals surface area (Å²) in [5.41, 5.74) is 0. The predicted octanol–water partition coefficient (Wildman–Crippen LogP) is 1.15. The van der Waals surface area contributed by atoms with Crippen molar-refractivity contribution in [2.24, 2.45) is 5.92 Å². The average Bonchev–Trinajstić information content (AvgIpc) is 3.01. The molecule has 2 rings (SSSR count). The Morgan fingerprint density at radius 1 is 1.05 bits per heavy atom. The number of nitrogens with zero attached hydrogens (tertiary/aromatic N) is 1. The molecule has 1 heterocycles. The molecule has 1 atom stereocenters. The van der Waals surface area contributed by atoms with Crippen molar-refractivity contribution in [3.8, 4) is 0 Å². The molecule has 0 unspecified atom stereocenters. The van der Waals surface area contributed by atoms with Crippen LogP contribution in [0.4, 0.5) is 0 Å². The summed E-state index contributed by atoms with van der Waals surface area (Å²) in [6.07, 6.45) is 6.48. The fourth-order valence-electron chi connectivity index (χ4n) is 3.26. The van der Waals surface area contributed by atoms with E-state index >= 15 is 0 Å². The number of carbonyl (C=O) groups is 3. The minimum atomic E-state index is -0.932. The molecule has 0 radical (unpaired) electrons. The fraction of sp³-hybridized carbons (Fsp3) is 0.800. The molecule has 0 aromatic heterocycles. The van der Waals surface area contributed by atoms with Crippen LogP contribution < -0.4 is 5.32 Å². The predicted molar refractivity (Wildman–Crippen MR) is 76.6 cm³/mol. The molecule has 6 nitrogen and oxygen atoms in total. The molecule has 0 aromatic carbocycles. The molecule has 2 N–H and O–H groups in total. The van der Waals surface area contributed by atoms with Gasteiger partial charge < -0.3 is 15.3 Å². The summed E-state index contributed by atoms with van der Waals surface area (Å²) in [4.78, 5) is 36.6. The van der Waals surface area contributed by atoms with E-state index in [2.05, 4.69) is 5.32 Å². The molecule has 0 aromatic rings. The quantitative estimate of drug-likeness (QED) is 0.796. The van der Waals surface area contributed by atoms with E-state index in [1.807, 2.05) is 0 Å². The van der Waals surface area contributed by atoms with Gasteiger partial charge in [0, 0.05) is 25.4 Å². The van der Waals surface area contributed by atoms with Gasteiger partial charge in [-0.3, -0.25) is 9.59 Å². The smallest absolute Gasteiger partial charge is 0.326 e. The van der Waals surface area contributed by atoms with Crippen LogP contribution in [0.25, 0.3) is 0 Å². The second kappa shape index (κ2) is 7.43. The highest BCUT2D eigenvalue weighted by atomic mass is 16.4. The van der Waals surface area contributed by atoms with Crippen LogP contribution in [0.2, 0.25) is 0 Å². The third-order valence-electron chi connectivity index (χ3n) is 4.47. The van der Waals surface area contributed by atoms with Crippen molar-refractivity contribution >= 4 is 17.8 Å². The number of likely N-dealkylation sites (tertiary alicyclic amines) is 1. The van der Waals surface area contributed by atoms with Crippen LogP contribution in [-0.4, -0.2) is 46.9 Å². The van der Waals surface area contributed by atoms with Crippen LogP contribution in [-0.2, 0) is 14.4 Å². The first-order chi connectivity index (χ1) is 10.1. The molecule has 118 valence electrons. The lowest BCUT2D eigenvalue weighted by Gasteiger charge is -2.33. The first-order valence-electron chi connectivity index (χ1n) is 7.89. The van der Waals surface area contributed by atoms with Crippen molar-refractivity contribution in [1.82, 2.24) is 10.2 Å². The SMILES string of the molecule is O=C(NCCC(=O)N1CCCC[C@@H]1C(=O)O)C1CCCC1. The molecule has 2 aliphatic rings. The summed E-state index contributed by atoms with van der Waals surface area (Å²) in [5, 5.41) is 12.0. The fourth-order valence-corrected chi connectivity index (χ4v) is 3.26. The molecular formula is C15H24N2O4. The Balaban J connectivity index is 1.75. The maximum Gasteiger partial charge on any atom is 0.326 e. The molecule has 1 saturated heterocycles. The van der Waals surface area contributed by atoms with Gasteiger partial charge in [-0.2, -0.15) is 0 Å². The van der Waals surface area contributed by atoms with Gasteiger partial charge in [0.05, 0.1) is 0 Å². The lowest BCUT2D eigenvalue weighted by Crippen LogP contribution is -2.48. The van der Waals surface area contributed by atoms with Gasteiger partial charge in [0.2, 0.25) is 11.8 Å². The van der Waals surface area contributed by atoms with Gasteiger partial charge >= 0.3 is 5.97 Å². The van der Waals surface area contributed by atoms with Crippen molar-refractivity contribution in [1.29, 1.82) is 0 Å². The summed E-state index contributed by atoms with van der Waals surface area (Å²) in [6, 6.07) is -0.697. The van der Waals surface area contributed by atoms with E-state index < -0.39 is 12.0 Å². The van der Waals surface area contributed by atoms with Gasteiger partial charge in [0.1, 0.15) is 6.04 Å². The molecule has 2 fully saturated rings. The van der Waals surface area contributed by atoms with Crippen molar-refractivity contribution in [2.75, 3.05) is 13.1 Å². The van der Waals surface area contributed by atoms with E-state index in [-0.39, 0.29) is 24.2 Å². The van der Waals surface area contributed by atoms with Gasteiger partial charge in [-0.25, -0.2) is 4.79 Å². The standard InChI is InChI=1S/C15H24N2O4/c18-13(17-10-4-3-7-12(17)15(20)21)8-9-16-14(19)11-5-1-2-6-11/h11-12H,1-10H2,(H,16,19)(H,20,21)/t12-/m1/s1. The number of carboxylic acids is 1. The Hall–Kier alpha value is -1.59. The lowest BCUT2D eigenvalue weighted by atomic mass is 10.0. The Kier molecular flexibility index (Phi) is 5.59. The van der Waals surface area contributed by atoms with Gasteiger partial charge in [0.25, 0.3) is 0 Å². The summed E-state index contributed by atoms with van der Waals surface area (Å²) >= 11 is 0. The molecule has 0 bridgehead atoms. The number of hydrogen-bond acceptors (Lipinski definition) is 3. The number of piperidine rings is 1. The summed E-state index contributed by atoms with van der Waals surface area (Å²) in [7, 11) is 0. The number of carbonyl (C=O) groups excluding carboxylic acids is 2. The molecule has 0 spiro atoms. The maximum absolute atomic E-state index is 12.1. The second-order valence-corrected chi connectivity index (χ2v) is 5.96. The molecule has 1 saturated carbocycles. The second-order valence-electron chi connectivity index (χ2n) is 5.96. The summed E-state index contributed by atoms with van der Waals surface area (Å²) in [6.45, 7) is 0.809. The molecule has 6 heteroatoms.